The minimum Gasteiger partial charge on any atom is -0.383 e. The van der Waals surface area contributed by atoms with E-state index in [0.29, 0.717) is 15.6 Å². The zero-order chi connectivity index (χ0) is 11.4. The van der Waals surface area contributed by atoms with Gasteiger partial charge in [-0.15, -0.1) is 0 Å². The summed E-state index contributed by atoms with van der Waals surface area (Å²) in [6.07, 6.45) is 2.00. The fraction of sp³-hybridized carbons (Fsp3) is 0.455. The Morgan fingerprint density at radius 1 is 1.31 bits per heavy atom. The van der Waals surface area contributed by atoms with Gasteiger partial charge in [-0.25, -0.2) is 8.42 Å². The number of nitrogens with one attached hydrogen (secondary N) is 1. The lowest BCUT2D eigenvalue weighted by molar-refractivity contribution is 0.562. The summed E-state index contributed by atoms with van der Waals surface area (Å²) in [6, 6.07) is 5.00. The van der Waals surface area contributed by atoms with Crippen LogP contribution in [0.5, 0.6) is 0 Å². The van der Waals surface area contributed by atoms with Crippen molar-refractivity contribution in [2.75, 3.05) is 17.6 Å². The molecular weight excluding hydrogens is 246 g/mol. The number of hydrogen-bond acceptors (Lipinski definition) is 3. The molecule has 1 heterocycles. The van der Waals surface area contributed by atoms with Crippen LogP contribution in [-0.2, 0) is 9.84 Å². The molecule has 0 saturated heterocycles. The van der Waals surface area contributed by atoms with Gasteiger partial charge in [0.25, 0.3) is 0 Å². The smallest absolute Gasteiger partial charge is 0.181 e. The van der Waals surface area contributed by atoms with Crippen molar-refractivity contribution in [3.05, 3.63) is 23.2 Å². The fourth-order valence-corrected chi connectivity index (χ4v) is 4.58. The van der Waals surface area contributed by atoms with Crippen LogP contribution < -0.4 is 5.32 Å². The first-order chi connectivity index (χ1) is 7.51. The summed E-state index contributed by atoms with van der Waals surface area (Å²) in [5.74, 6) is 0.250. The molecule has 16 heavy (non-hydrogen) atoms. The molecule has 0 aromatic heterocycles. The van der Waals surface area contributed by atoms with E-state index in [0.717, 1.165) is 19.4 Å². The maximum atomic E-state index is 12.2. The molecule has 5 heteroatoms. The van der Waals surface area contributed by atoms with Crippen LogP contribution in [0.15, 0.2) is 23.1 Å². The number of benzene rings is 1. The van der Waals surface area contributed by atoms with Crippen molar-refractivity contribution in [3.63, 3.8) is 0 Å². The Kier molecular flexibility index (Phi) is 2.04. The van der Waals surface area contributed by atoms with Gasteiger partial charge in [-0.3, -0.25) is 0 Å². The van der Waals surface area contributed by atoms with E-state index >= 15 is 0 Å². The van der Waals surface area contributed by atoms with E-state index in [2.05, 4.69) is 5.32 Å². The zero-order valence-corrected chi connectivity index (χ0v) is 10.2. The Morgan fingerprint density at radius 3 is 2.75 bits per heavy atom. The molecule has 1 fully saturated rings. The number of anilines is 1. The Balaban J connectivity index is 2.15. The molecule has 0 radical (unpaired) electrons. The van der Waals surface area contributed by atoms with Crippen LogP contribution in [0.25, 0.3) is 0 Å². The van der Waals surface area contributed by atoms with E-state index < -0.39 is 9.84 Å². The van der Waals surface area contributed by atoms with Gasteiger partial charge in [0.1, 0.15) is 0 Å². The quantitative estimate of drug-likeness (QED) is 0.776. The molecule has 3 nitrogen and oxygen atoms in total. The van der Waals surface area contributed by atoms with Crippen LogP contribution in [0, 0.1) is 5.41 Å². The highest BCUT2D eigenvalue weighted by Crippen LogP contribution is 2.49. The second-order valence-electron chi connectivity index (χ2n) is 4.75. The first-order valence-corrected chi connectivity index (χ1v) is 7.30. The standard InChI is InChI=1S/C11H12ClNO2S/c12-8-1-2-9-10(5-8)16(14,15)7-11(3-4-11)6-13-9/h1-2,5,13H,3-4,6-7H2. The van der Waals surface area contributed by atoms with Gasteiger partial charge in [0.15, 0.2) is 9.84 Å². The van der Waals surface area contributed by atoms with Gasteiger partial charge >= 0.3 is 0 Å². The topological polar surface area (TPSA) is 46.2 Å². The minimum atomic E-state index is -3.19. The van der Waals surface area contributed by atoms with E-state index in [1.807, 2.05) is 0 Å². The number of sulfone groups is 1. The molecule has 3 rings (SSSR count). The number of halogens is 1. The first kappa shape index (κ1) is 10.4. The molecule has 0 unspecified atom stereocenters. The normalized spacial score (nSPS) is 24.3. The van der Waals surface area contributed by atoms with Crippen LogP contribution in [-0.4, -0.2) is 20.7 Å². The third kappa shape index (κ3) is 1.60. The van der Waals surface area contributed by atoms with Crippen molar-refractivity contribution in [1.82, 2.24) is 0 Å². The highest BCUT2D eigenvalue weighted by molar-refractivity contribution is 7.91. The lowest BCUT2D eigenvalue weighted by Crippen LogP contribution is -2.20. The lowest BCUT2D eigenvalue weighted by Gasteiger charge is -2.09. The molecule has 0 atom stereocenters. The van der Waals surface area contributed by atoms with Gasteiger partial charge in [0, 0.05) is 17.0 Å². The summed E-state index contributed by atoms with van der Waals surface area (Å²) in [4.78, 5) is 0.351. The average Bonchev–Trinajstić information content (AvgIpc) is 2.96. The Hall–Kier alpha value is -0.740. The number of rotatable bonds is 0. The number of hydrogen-bond donors (Lipinski definition) is 1. The Morgan fingerprint density at radius 2 is 2.06 bits per heavy atom. The summed E-state index contributed by atoms with van der Waals surface area (Å²) >= 11 is 5.85. The second-order valence-corrected chi connectivity index (χ2v) is 7.15. The molecule has 1 aromatic rings. The highest BCUT2D eigenvalue weighted by Gasteiger charge is 2.48. The molecule has 1 aliphatic carbocycles. The van der Waals surface area contributed by atoms with Gasteiger partial charge in [-0.05, 0) is 31.0 Å². The highest BCUT2D eigenvalue weighted by atomic mass is 35.5. The third-order valence-corrected chi connectivity index (χ3v) is 5.62. The first-order valence-electron chi connectivity index (χ1n) is 5.27. The molecule has 1 aliphatic heterocycles. The van der Waals surface area contributed by atoms with Crippen molar-refractivity contribution < 1.29 is 8.42 Å². The molecule has 1 spiro atoms. The van der Waals surface area contributed by atoms with Crippen molar-refractivity contribution in [2.24, 2.45) is 5.41 Å². The van der Waals surface area contributed by atoms with Crippen molar-refractivity contribution in [1.29, 1.82) is 0 Å². The van der Waals surface area contributed by atoms with E-state index in [-0.39, 0.29) is 11.2 Å². The van der Waals surface area contributed by atoms with E-state index in [1.54, 1.807) is 18.2 Å². The molecule has 1 aromatic carbocycles. The predicted molar refractivity (Wildman–Crippen MR) is 63.7 cm³/mol. The van der Waals surface area contributed by atoms with Crippen LogP contribution in [0.3, 0.4) is 0 Å². The number of fused-ring (bicyclic) bond motifs is 1. The van der Waals surface area contributed by atoms with Crippen LogP contribution in [0.2, 0.25) is 5.02 Å². The molecule has 1 N–H and O–H groups in total. The van der Waals surface area contributed by atoms with Crippen molar-refractivity contribution in [3.8, 4) is 0 Å². The lowest BCUT2D eigenvalue weighted by atomic mass is 10.1. The monoisotopic (exact) mass is 257 g/mol. The van der Waals surface area contributed by atoms with Crippen LogP contribution in [0.1, 0.15) is 12.8 Å². The Bertz CT molecular complexity index is 549. The molecular formula is C11H12ClNO2S. The maximum Gasteiger partial charge on any atom is 0.181 e. The third-order valence-electron chi connectivity index (χ3n) is 3.39. The second kappa shape index (κ2) is 3.14. The van der Waals surface area contributed by atoms with Crippen molar-refractivity contribution in [2.45, 2.75) is 17.7 Å². The van der Waals surface area contributed by atoms with Gasteiger partial charge in [0.05, 0.1) is 16.3 Å². The summed E-state index contributed by atoms with van der Waals surface area (Å²) in [6.45, 7) is 0.751. The molecule has 2 aliphatic rings. The summed E-state index contributed by atoms with van der Waals surface area (Å²) in [7, 11) is -3.19. The zero-order valence-electron chi connectivity index (χ0n) is 8.66. The minimum absolute atomic E-state index is 0.0235. The summed E-state index contributed by atoms with van der Waals surface area (Å²) < 4.78 is 24.4. The maximum absolute atomic E-state index is 12.2. The molecule has 1 saturated carbocycles. The molecule has 0 amide bonds. The van der Waals surface area contributed by atoms with Crippen molar-refractivity contribution >= 4 is 27.1 Å². The predicted octanol–water partition coefficient (Wildman–Crippen LogP) is 2.32. The van der Waals surface area contributed by atoms with Gasteiger partial charge in [0.2, 0.25) is 0 Å². The average molecular weight is 258 g/mol. The van der Waals surface area contributed by atoms with Gasteiger partial charge < -0.3 is 5.32 Å². The SMILES string of the molecule is O=S1(=O)CC2(CC2)CNc2ccc(Cl)cc21. The van der Waals surface area contributed by atoms with Gasteiger partial charge in [-0.1, -0.05) is 11.6 Å². The Labute approximate surface area is 99.7 Å². The summed E-state index contributed by atoms with van der Waals surface area (Å²) in [5.41, 5.74) is 0.665. The van der Waals surface area contributed by atoms with Crippen LogP contribution in [0.4, 0.5) is 5.69 Å². The van der Waals surface area contributed by atoms with E-state index in [1.165, 1.54) is 0 Å². The largest absolute Gasteiger partial charge is 0.383 e. The van der Waals surface area contributed by atoms with Gasteiger partial charge in [-0.2, -0.15) is 0 Å². The summed E-state index contributed by atoms with van der Waals surface area (Å²) in [5, 5.41) is 3.69. The molecule has 0 bridgehead atoms. The van der Waals surface area contributed by atoms with Crippen LogP contribution >= 0.6 is 11.6 Å². The van der Waals surface area contributed by atoms with E-state index in [4.69, 9.17) is 11.6 Å². The fourth-order valence-electron chi connectivity index (χ4n) is 2.21. The molecule has 86 valence electrons. The van der Waals surface area contributed by atoms with E-state index in [9.17, 15) is 8.42 Å².